The third-order valence-corrected chi connectivity index (χ3v) is 3.61. The topological polar surface area (TPSA) is 41.5 Å². The lowest BCUT2D eigenvalue weighted by Crippen LogP contribution is -2.30. The van der Waals surface area contributed by atoms with E-state index in [1.54, 1.807) is 0 Å². The highest BCUT2D eigenvalue weighted by atomic mass is 16.5. The minimum absolute atomic E-state index is 0.397. The van der Waals surface area contributed by atoms with E-state index in [0.717, 1.165) is 52.0 Å². The van der Waals surface area contributed by atoms with E-state index in [4.69, 9.17) is 4.74 Å². The largest absolute Gasteiger partial charge is 0.390 e. The predicted octanol–water partition coefficient (Wildman–Crippen LogP) is 2.11. The van der Waals surface area contributed by atoms with Crippen LogP contribution in [-0.4, -0.2) is 37.0 Å². The van der Waals surface area contributed by atoms with E-state index in [9.17, 15) is 5.11 Å². The Kier molecular flexibility index (Phi) is 6.17. The zero-order chi connectivity index (χ0) is 12.7. The summed E-state index contributed by atoms with van der Waals surface area (Å²) in [5.74, 6) is 0.662. The first-order valence-corrected chi connectivity index (χ1v) is 6.67. The Morgan fingerprint density at radius 1 is 1.29 bits per heavy atom. The molecule has 0 radical (unpaired) electrons. The molecule has 1 saturated carbocycles. The third-order valence-electron chi connectivity index (χ3n) is 3.61. The first-order chi connectivity index (χ1) is 8.01. The normalized spacial score (nSPS) is 33.5. The van der Waals surface area contributed by atoms with Crippen LogP contribution in [0.4, 0.5) is 0 Å². The zero-order valence-corrected chi connectivity index (χ0v) is 11.3. The Hall–Kier alpha value is -0.380. The smallest absolute Gasteiger partial charge is 0.0620 e. The maximum absolute atomic E-state index is 9.64. The van der Waals surface area contributed by atoms with Crippen molar-refractivity contribution in [2.24, 2.45) is 5.92 Å². The van der Waals surface area contributed by atoms with E-state index in [-0.39, 0.29) is 0 Å². The minimum atomic E-state index is -0.397. The molecular weight excluding hydrogens is 214 g/mol. The van der Waals surface area contributed by atoms with Gasteiger partial charge in [0, 0.05) is 13.1 Å². The molecule has 2 aliphatic rings. The predicted molar refractivity (Wildman–Crippen MR) is 71.1 cm³/mol. The summed E-state index contributed by atoms with van der Waals surface area (Å²) in [5.41, 5.74) is 0.881. The molecule has 1 aliphatic heterocycles. The lowest BCUT2D eigenvalue weighted by Gasteiger charge is -2.33. The van der Waals surface area contributed by atoms with Gasteiger partial charge in [0.15, 0.2) is 0 Å². The van der Waals surface area contributed by atoms with E-state index in [0.29, 0.717) is 5.92 Å². The Balaban J connectivity index is 0.000000202. The monoisotopic (exact) mass is 241 g/mol. The van der Waals surface area contributed by atoms with Gasteiger partial charge in [0.1, 0.15) is 0 Å². The summed E-state index contributed by atoms with van der Waals surface area (Å²) in [6, 6.07) is 0. The molecule has 3 heteroatoms. The molecule has 0 unspecified atom stereocenters. The molecule has 1 aliphatic carbocycles. The van der Waals surface area contributed by atoms with Gasteiger partial charge >= 0.3 is 0 Å². The summed E-state index contributed by atoms with van der Waals surface area (Å²) < 4.78 is 5.01. The van der Waals surface area contributed by atoms with E-state index in [1.807, 2.05) is 6.92 Å². The van der Waals surface area contributed by atoms with Gasteiger partial charge in [0.05, 0.1) is 18.8 Å². The standard InChI is InChI=1S/C10H18O.C4H9NO/c1-8(2)9-4-6-10(3,11)7-5-9;1-3-6-4-2-5-1/h9,11H,1,4-7H2,2-3H3;5H,1-4H2. The molecule has 0 atom stereocenters. The Morgan fingerprint density at radius 3 is 2.12 bits per heavy atom. The molecule has 1 saturated heterocycles. The summed E-state index contributed by atoms with van der Waals surface area (Å²) in [5, 5.41) is 12.8. The van der Waals surface area contributed by atoms with E-state index in [1.165, 1.54) is 5.57 Å². The Labute approximate surface area is 105 Å². The number of rotatable bonds is 1. The third kappa shape index (κ3) is 6.20. The van der Waals surface area contributed by atoms with Crippen molar-refractivity contribution in [2.45, 2.75) is 45.1 Å². The number of allylic oxidation sites excluding steroid dienone is 1. The van der Waals surface area contributed by atoms with Crippen LogP contribution in [0.2, 0.25) is 0 Å². The van der Waals surface area contributed by atoms with Crippen molar-refractivity contribution in [2.75, 3.05) is 26.3 Å². The molecule has 1 heterocycles. The van der Waals surface area contributed by atoms with Crippen molar-refractivity contribution in [3.63, 3.8) is 0 Å². The molecule has 0 aromatic rings. The van der Waals surface area contributed by atoms with Crippen LogP contribution in [0.3, 0.4) is 0 Å². The Morgan fingerprint density at radius 2 is 1.82 bits per heavy atom. The summed E-state index contributed by atoms with van der Waals surface area (Å²) in [6.07, 6.45) is 4.10. The number of hydrogen-bond acceptors (Lipinski definition) is 3. The average Bonchev–Trinajstić information content (AvgIpc) is 2.31. The number of aliphatic hydroxyl groups is 1. The molecule has 0 amide bonds. The van der Waals surface area contributed by atoms with Gasteiger partial charge in [0.25, 0.3) is 0 Å². The number of ether oxygens (including phenoxy) is 1. The van der Waals surface area contributed by atoms with E-state index < -0.39 is 5.60 Å². The second-order valence-corrected chi connectivity index (χ2v) is 5.48. The average molecular weight is 241 g/mol. The highest BCUT2D eigenvalue weighted by molar-refractivity contribution is 4.99. The van der Waals surface area contributed by atoms with Gasteiger partial charge in [-0.1, -0.05) is 12.2 Å². The first kappa shape index (κ1) is 14.7. The lowest BCUT2D eigenvalue weighted by atomic mass is 9.77. The van der Waals surface area contributed by atoms with Crippen LogP contribution in [0.1, 0.15) is 39.5 Å². The summed E-state index contributed by atoms with van der Waals surface area (Å²) >= 11 is 0. The summed E-state index contributed by atoms with van der Waals surface area (Å²) in [4.78, 5) is 0. The van der Waals surface area contributed by atoms with Gasteiger partial charge in [-0.05, 0) is 45.4 Å². The molecular formula is C14H27NO2. The van der Waals surface area contributed by atoms with Gasteiger partial charge in [-0.25, -0.2) is 0 Å². The van der Waals surface area contributed by atoms with Crippen LogP contribution in [0.5, 0.6) is 0 Å². The summed E-state index contributed by atoms with van der Waals surface area (Å²) in [6.45, 7) is 11.8. The number of morpholine rings is 1. The molecule has 0 aromatic carbocycles. The molecule has 0 bridgehead atoms. The van der Waals surface area contributed by atoms with Crippen molar-refractivity contribution in [3.8, 4) is 0 Å². The minimum Gasteiger partial charge on any atom is -0.390 e. The summed E-state index contributed by atoms with van der Waals surface area (Å²) in [7, 11) is 0. The zero-order valence-electron chi connectivity index (χ0n) is 11.3. The fourth-order valence-corrected chi connectivity index (χ4v) is 2.25. The van der Waals surface area contributed by atoms with Gasteiger partial charge in [0.2, 0.25) is 0 Å². The van der Waals surface area contributed by atoms with E-state index >= 15 is 0 Å². The van der Waals surface area contributed by atoms with Crippen molar-refractivity contribution >= 4 is 0 Å². The quantitative estimate of drug-likeness (QED) is 0.691. The van der Waals surface area contributed by atoms with Crippen LogP contribution in [0, 0.1) is 5.92 Å². The van der Waals surface area contributed by atoms with Crippen molar-refractivity contribution in [3.05, 3.63) is 12.2 Å². The van der Waals surface area contributed by atoms with Gasteiger partial charge < -0.3 is 15.2 Å². The fraction of sp³-hybridized carbons (Fsp3) is 0.857. The van der Waals surface area contributed by atoms with E-state index in [2.05, 4.69) is 18.8 Å². The van der Waals surface area contributed by atoms with Gasteiger partial charge in [-0.15, -0.1) is 0 Å². The second kappa shape index (κ2) is 7.14. The molecule has 3 nitrogen and oxygen atoms in total. The first-order valence-electron chi connectivity index (χ1n) is 6.67. The Bertz CT molecular complexity index is 213. The molecule has 0 aromatic heterocycles. The van der Waals surface area contributed by atoms with Crippen molar-refractivity contribution < 1.29 is 9.84 Å². The molecule has 2 N–H and O–H groups in total. The van der Waals surface area contributed by atoms with Gasteiger partial charge in [-0.3, -0.25) is 0 Å². The highest BCUT2D eigenvalue weighted by Crippen LogP contribution is 2.34. The molecule has 100 valence electrons. The number of nitrogens with one attached hydrogen (secondary N) is 1. The van der Waals surface area contributed by atoms with Crippen molar-refractivity contribution in [1.29, 1.82) is 0 Å². The second-order valence-electron chi connectivity index (χ2n) is 5.48. The maximum atomic E-state index is 9.64. The fourth-order valence-electron chi connectivity index (χ4n) is 2.25. The molecule has 17 heavy (non-hydrogen) atoms. The van der Waals surface area contributed by atoms with Crippen LogP contribution in [0.15, 0.2) is 12.2 Å². The van der Waals surface area contributed by atoms with Crippen LogP contribution < -0.4 is 5.32 Å². The van der Waals surface area contributed by atoms with Crippen LogP contribution >= 0.6 is 0 Å². The highest BCUT2D eigenvalue weighted by Gasteiger charge is 2.28. The molecule has 2 rings (SSSR count). The van der Waals surface area contributed by atoms with Gasteiger partial charge in [-0.2, -0.15) is 0 Å². The maximum Gasteiger partial charge on any atom is 0.0620 e. The number of hydrogen-bond donors (Lipinski definition) is 2. The molecule has 2 fully saturated rings. The lowest BCUT2D eigenvalue weighted by molar-refractivity contribution is 0.0126. The SMILES string of the molecule is C1COCCN1.C=C(C)C1CCC(C)(O)CC1. The van der Waals surface area contributed by atoms with Crippen molar-refractivity contribution in [1.82, 2.24) is 5.32 Å². The molecule has 0 spiro atoms. The van der Waals surface area contributed by atoms with Crippen LogP contribution in [-0.2, 0) is 4.74 Å². The van der Waals surface area contributed by atoms with Crippen LogP contribution in [0.25, 0.3) is 0 Å².